The molecule has 2 aliphatic rings. The fourth-order valence-electron chi connectivity index (χ4n) is 2.43. The van der Waals surface area contributed by atoms with Crippen molar-refractivity contribution in [1.29, 1.82) is 0 Å². The highest BCUT2D eigenvalue weighted by atomic mass is 16.3. The van der Waals surface area contributed by atoms with E-state index >= 15 is 0 Å². The Morgan fingerprint density at radius 2 is 1.60 bits per heavy atom. The zero-order chi connectivity index (χ0) is 7.14. The van der Waals surface area contributed by atoms with Crippen LogP contribution in [0.2, 0.25) is 0 Å². The Labute approximate surface area is 60.9 Å². The second kappa shape index (κ2) is 2.21. The number of aliphatic hydroxyl groups excluding tert-OH is 2. The zero-order valence-electron chi connectivity index (χ0n) is 6.03. The summed E-state index contributed by atoms with van der Waals surface area (Å²) in [5.41, 5.74) is 0. The van der Waals surface area contributed by atoms with Crippen molar-refractivity contribution in [3.05, 3.63) is 0 Å². The van der Waals surface area contributed by atoms with Crippen molar-refractivity contribution in [2.75, 3.05) is 0 Å². The summed E-state index contributed by atoms with van der Waals surface area (Å²) >= 11 is 0. The van der Waals surface area contributed by atoms with Crippen molar-refractivity contribution in [2.45, 2.75) is 37.9 Å². The number of fused-ring (bicyclic) bond motifs is 2. The lowest BCUT2D eigenvalue weighted by Gasteiger charge is -2.29. The lowest BCUT2D eigenvalue weighted by molar-refractivity contribution is -0.0224. The number of rotatable bonds is 0. The highest BCUT2D eigenvalue weighted by molar-refractivity contribution is 4.93. The summed E-state index contributed by atoms with van der Waals surface area (Å²) in [5, 5.41) is 18.9. The van der Waals surface area contributed by atoms with E-state index in [4.69, 9.17) is 0 Å². The molecule has 2 saturated carbocycles. The summed E-state index contributed by atoms with van der Waals surface area (Å²) in [6, 6.07) is 0. The van der Waals surface area contributed by atoms with E-state index in [2.05, 4.69) is 0 Å². The van der Waals surface area contributed by atoms with Gasteiger partial charge in [-0.15, -0.1) is 0 Å². The molecule has 4 atom stereocenters. The largest absolute Gasteiger partial charge is 0.393 e. The van der Waals surface area contributed by atoms with Crippen LogP contribution in [0.25, 0.3) is 0 Å². The third kappa shape index (κ3) is 0.789. The van der Waals surface area contributed by atoms with Crippen LogP contribution in [-0.2, 0) is 0 Å². The third-order valence-corrected chi connectivity index (χ3v) is 3.12. The van der Waals surface area contributed by atoms with Gasteiger partial charge in [-0.2, -0.15) is 0 Å². The van der Waals surface area contributed by atoms with Crippen molar-refractivity contribution in [3.8, 4) is 0 Å². The van der Waals surface area contributed by atoms with Crippen molar-refractivity contribution >= 4 is 0 Å². The molecule has 2 N–H and O–H groups in total. The first-order valence-electron chi connectivity index (χ1n) is 4.15. The third-order valence-electron chi connectivity index (χ3n) is 3.12. The van der Waals surface area contributed by atoms with Gasteiger partial charge >= 0.3 is 0 Å². The normalized spacial score (nSPS) is 53.4. The summed E-state index contributed by atoms with van der Waals surface area (Å²) in [7, 11) is 0. The first-order valence-corrected chi connectivity index (χ1v) is 4.15. The van der Waals surface area contributed by atoms with E-state index < -0.39 is 0 Å². The van der Waals surface area contributed by atoms with Gasteiger partial charge in [0.25, 0.3) is 0 Å². The molecule has 0 unspecified atom stereocenters. The van der Waals surface area contributed by atoms with Crippen LogP contribution in [0.5, 0.6) is 0 Å². The van der Waals surface area contributed by atoms with Crippen molar-refractivity contribution in [2.24, 2.45) is 11.8 Å². The maximum atomic E-state index is 9.52. The van der Waals surface area contributed by atoms with Crippen molar-refractivity contribution in [3.63, 3.8) is 0 Å². The van der Waals surface area contributed by atoms with E-state index in [-0.39, 0.29) is 18.1 Å². The van der Waals surface area contributed by atoms with Crippen LogP contribution in [-0.4, -0.2) is 22.4 Å². The molecule has 0 aromatic rings. The molecule has 0 aliphatic heterocycles. The Hall–Kier alpha value is -0.0800. The van der Waals surface area contributed by atoms with Crippen molar-refractivity contribution in [1.82, 2.24) is 0 Å². The summed E-state index contributed by atoms with van der Waals surface area (Å²) in [5.74, 6) is 0.715. The van der Waals surface area contributed by atoms with Crippen molar-refractivity contribution < 1.29 is 10.2 Å². The molecule has 0 saturated heterocycles. The molecule has 2 fully saturated rings. The highest BCUT2D eigenvalue weighted by Gasteiger charge is 2.42. The van der Waals surface area contributed by atoms with Crippen LogP contribution >= 0.6 is 0 Å². The minimum atomic E-state index is -0.214. The fourth-order valence-corrected chi connectivity index (χ4v) is 2.43. The summed E-state index contributed by atoms with van der Waals surface area (Å²) in [6.07, 6.45) is 3.69. The van der Waals surface area contributed by atoms with Gasteiger partial charge in [-0.25, -0.2) is 0 Å². The van der Waals surface area contributed by atoms with Gasteiger partial charge in [0, 0.05) is 5.92 Å². The number of hydrogen-bond acceptors (Lipinski definition) is 2. The average Bonchev–Trinajstić information content (AvgIpc) is 2.13. The molecule has 58 valence electrons. The molecule has 2 bridgehead atoms. The average molecular weight is 142 g/mol. The predicted octanol–water partition coefficient (Wildman–Crippen LogP) is 0.528. The molecule has 2 nitrogen and oxygen atoms in total. The first kappa shape index (κ1) is 6.62. The quantitative estimate of drug-likeness (QED) is 0.518. The molecule has 2 heteroatoms. The maximum absolute atomic E-state index is 9.52. The Morgan fingerprint density at radius 1 is 0.900 bits per heavy atom. The fraction of sp³-hybridized carbons (Fsp3) is 1.00. The molecule has 2 aliphatic carbocycles. The number of hydrogen-bond donors (Lipinski definition) is 2. The molecule has 0 aromatic heterocycles. The topological polar surface area (TPSA) is 40.5 Å². The molecule has 0 radical (unpaired) electrons. The van der Waals surface area contributed by atoms with Crippen LogP contribution in [0.4, 0.5) is 0 Å². The smallest absolute Gasteiger partial charge is 0.0621 e. The van der Waals surface area contributed by atoms with E-state index in [9.17, 15) is 10.2 Å². The minimum absolute atomic E-state index is 0.191. The van der Waals surface area contributed by atoms with Crippen LogP contribution in [0.15, 0.2) is 0 Å². The summed E-state index contributed by atoms with van der Waals surface area (Å²) < 4.78 is 0. The maximum Gasteiger partial charge on any atom is 0.0621 e. The summed E-state index contributed by atoms with van der Waals surface area (Å²) in [4.78, 5) is 0. The Morgan fingerprint density at radius 3 is 2.30 bits per heavy atom. The van der Waals surface area contributed by atoms with E-state index in [1.165, 1.54) is 0 Å². The van der Waals surface area contributed by atoms with E-state index in [1.807, 2.05) is 0 Å². The molecule has 0 heterocycles. The van der Waals surface area contributed by atoms with Gasteiger partial charge in [0.05, 0.1) is 12.2 Å². The molecule has 2 rings (SSSR count). The monoisotopic (exact) mass is 142 g/mol. The highest BCUT2D eigenvalue weighted by Crippen LogP contribution is 2.42. The van der Waals surface area contributed by atoms with Crippen LogP contribution in [0.1, 0.15) is 25.7 Å². The van der Waals surface area contributed by atoms with Gasteiger partial charge < -0.3 is 10.2 Å². The molecular weight excluding hydrogens is 128 g/mol. The lowest BCUT2D eigenvalue weighted by atomic mass is 9.84. The number of aliphatic hydroxyl groups is 2. The van der Waals surface area contributed by atoms with Gasteiger partial charge in [0.2, 0.25) is 0 Å². The Kier molecular flexibility index (Phi) is 1.46. The second-order valence-electron chi connectivity index (χ2n) is 3.64. The van der Waals surface area contributed by atoms with Crippen LogP contribution < -0.4 is 0 Å². The lowest BCUT2D eigenvalue weighted by Crippen LogP contribution is -2.35. The SMILES string of the molecule is O[C@H]1[C@H]2CC[C@@H]1[C@@H](O)CC2. The van der Waals surface area contributed by atoms with E-state index in [0.29, 0.717) is 5.92 Å². The second-order valence-corrected chi connectivity index (χ2v) is 3.64. The molecular formula is C8H14O2. The van der Waals surface area contributed by atoms with E-state index in [1.54, 1.807) is 0 Å². The Balaban J connectivity index is 2.13. The van der Waals surface area contributed by atoms with Gasteiger partial charge in [0.1, 0.15) is 0 Å². The van der Waals surface area contributed by atoms with E-state index in [0.717, 1.165) is 25.7 Å². The summed E-state index contributed by atoms with van der Waals surface area (Å²) in [6.45, 7) is 0. The first-order chi connectivity index (χ1) is 4.79. The molecule has 0 amide bonds. The predicted molar refractivity (Wildman–Crippen MR) is 37.5 cm³/mol. The van der Waals surface area contributed by atoms with Gasteiger partial charge in [-0.05, 0) is 31.6 Å². The molecule has 0 spiro atoms. The van der Waals surface area contributed by atoms with Gasteiger partial charge in [-0.1, -0.05) is 0 Å². The van der Waals surface area contributed by atoms with Crippen LogP contribution in [0.3, 0.4) is 0 Å². The van der Waals surface area contributed by atoms with Gasteiger partial charge in [0.15, 0.2) is 0 Å². The van der Waals surface area contributed by atoms with Gasteiger partial charge in [-0.3, -0.25) is 0 Å². The molecule has 0 aromatic carbocycles. The standard InChI is InChI=1S/C8H14O2/c9-7-4-2-5-1-3-6(7)8(5)10/h5-10H,1-4H2/t5-,6+,7-,8-/m0/s1. The van der Waals surface area contributed by atoms with Crippen LogP contribution in [0, 0.1) is 11.8 Å². The minimum Gasteiger partial charge on any atom is -0.393 e. The zero-order valence-corrected chi connectivity index (χ0v) is 6.03. The molecule has 10 heavy (non-hydrogen) atoms. The Bertz CT molecular complexity index is 135.